The second-order valence-corrected chi connectivity index (χ2v) is 10.7. The monoisotopic (exact) mass is 496 g/mol. The van der Waals surface area contributed by atoms with Crippen molar-refractivity contribution >= 4 is 23.1 Å². The zero-order valence-corrected chi connectivity index (χ0v) is 21.8. The van der Waals surface area contributed by atoms with Gasteiger partial charge in [0.2, 0.25) is 0 Å². The van der Waals surface area contributed by atoms with E-state index >= 15 is 0 Å². The van der Waals surface area contributed by atoms with Gasteiger partial charge in [0.25, 0.3) is 0 Å². The summed E-state index contributed by atoms with van der Waals surface area (Å²) in [6, 6.07) is 14.9. The van der Waals surface area contributed by atoms with Crippen LogP contribution in [0.15, 0.2) is 54.7 Å². The van der Waals surface area contributed by atoms with E-state index < -0.39 is 29.5 Å². The van der Waals surface area contributed by atoms with Crippen LogP contribution in [-0.4, -0.2) is 39.6 Å². The second kappa shape index (κ2) is 11.0. The van der Waals surface area contributed by atoms with E-state index in [9.17, 15) is 14.7 Å². The Hall–Kier alpha value is -3.52. The summed E-state index contributed by atoms with van der Waals surface area (Å²) < 4.78 is 18.2. The fraction of sp³-hybridized carbons (Fsp3) is 0.429. The number of nitrogens with one attached hydrogen (secondary N) is 1. The van der Waals surface area contributed by atoms with Gasteiger partial charge < -0.3 is 24.6 Å². The predicted octanol–water partition coefficient (Wildman–Crippen LogP) is 5.95. The number of benzene rings is 2. The van der Waals surface area contributed by atoms with E-state index in [0.717, 1.165) is 16.5 Å². The largest absolute Gasteiger partial charge is 0.489 e. The molecule has 8 heteroatoms. The molecule has 8 nitrogen and oxygen atoms in total. The number of aliphatic hydroxyl groups is 1. The molecule has 0 saturated carbocycles. The van der Waals surface area contributed by atoms with E-state index in [1.165, 1.54) is 4.57 Å². The minimum absolute atomic E-state index is 0.276. The number of fused-ring (bicyclic) bond motifs is 1. The third kappa shape index (κ3) is 8.02. The van der Waals surface area contributed by atoms with Crippen molar-refractivity contribution in [2.75, 3.05) is 6.54 Å². The number of nitrogens with zero attached hydrogens (tertiary/aromatic N) is 1. The molecule has 194 valence electrons. The van der Waals surface area contributed by atoms with Crippen molar-refractivity contribution in [3.05, 3.63) is 65.9 Å². The molecule has 0 unspecified atom stereocenters. The standard InChI is InChI=1S/C28H36N2O6/c1-27(2,3)35-25(32)29-14-12-24(31)21-8-7-9-22(17-21)34-18-19-10-11-20-13-15-30(23(20)16-19)26(33)36-28(4,5)6/h7-11,13,15-17,24,31H,12,14,18H2,1-6H3,(H,29,32)/t24-/m1/s1. The molecule has 0 spiro atoms. The minimum atomic E-state index is -0.767. The van der Waals surface area contributed by atoms with Gasteiger partial charge in [-0.15, -0.1) is 0 Å². The van der Waals surface area contributed by atoms with Crippen LogP contribution in [0.1, 0.15) is 65.2 Å². The number of ether oxygens (including phenoxy) is 3. The van der Waals surface area contributed by atoms with Crippen molar-refractivity contribution in [2.24, 2.45) is 0 Å². The van der Waals surface area contributed by atoms with Gasteiger partial charge in [0.1, 0.15) is 23.6 Å². The van der Waals surface area contributed by atoms with Crippen molar-refractivity contribution in [1.82, 2.24) is 9.88 Å². The lowest BCUT2D eigenvalue weighted by atomic mass is 10.1. The molecule has 3 aromatic rings. The molecule has 1 aromatic heterocycles. The average Bonchev–Trinajstić information content (AvgIpc) is 3.19. The summed E-state index contributed by atoms with van der Waals surface area (Å²) >= 11 is 0. The molecule has 0 aliphatic rings. The zero-order chi connectivity index (χ0) is 26.5. The first kappa shape index (κ1) is 27.1. The number of amides is 1. The quantitative estimate of drug-likeness (QED) is 0.419. The lowest BCUT2D eigenvalue weighted by Gasteiger charge is -2.20. The summed E-state index contributed by atoms with van der Waals surface area (Å²) in [4.78, 5) is 24.3. The number of rotatable bonds is 7. The Kier molecular flexibility index (Phi) is 8.30. The first-order valence-electron chi connectivity index (χ1n) is 12.0. The maximum Gasteiger partial charge on any atom is 0.418 e. The molecule has 1 amide bonds. The van der Waals surface area contributed by atoms with Gasteiger partial charge in [-0.25, -0.2) is 9.59 Å². The smallest absolute Gasteiger partial charge is 0.418 e. The summed E-state index contributed by atoms with van der Waals surface area (Å²) in [5.41, 5.74) is 1.16. The molecule has 3 rings (SSSR count). The lowest BCUT2D eigenvalue weighted by molar-refractivity contribution is 0.0513. The summed E-state index contributed by atoms with van der Waals surface area (Å²) in [5.74, 6) is 0.606. The predicted molar refractivity (Wildman–Crippen MR) is 138 cm³/mol. The number of aliphatic hydroxyl groups excluding tert-OH is 1. The fourth-order valence-corrected chi connectivity index (χ4v) is 3.50. The summed E-state index contributed by atoms with van der Waals surface area (Å²) in [6.07, 6.45) is 0.323. The normalized spacial score (nSPS) is 12.8. The van der Waals surface area contributed by atoms with Crippen LogP contribution in [-0.2, 0) is 16.1 Å². The first-order valence-corrected chi connectivity index (χ1v) is 12.0. The Morgan fingerprint density at radius 2 is 1.69 bits per heavy atom. The van der Waals surface area contributed by atoms with Gasteiger partial charge in [-0.1, -0.05) is 24.3 Å². The summed E-state index contributed by atoms with van der Waals surface area (Å²) in [7, 11) is 0. The molecule has 0 bridgehead atoms. The molecular formula is C28H36N2O6. The van der Waals surface area contributed by atoms with Gasteiger partial charge in [0.15, 0.2) is 0 Å². The molecule has 0 aliphatic heterocycles. The molecule has 2 aromatic carbocycles. The molecule has 36 heavy (non-hydrogen) atoms. The van der Waals surface area contributed by atoms with E-state index in [4.69, 9.17) is 14.2 Å². The summed E-state index contributed by atoms with van der Waals surface area (Å²) in [5, 5.41) is 14.1. The number of alkyl carbamates (subject to hydrolysis) is 1. The molecular weight excluding hydrogens is 460 g/mol. The van der Waals surface area contributed by atoms with Crippen molar-refractivity contribution in [1.29, 1.82) is 0 Å². The minimum Gasteiger partial charge on any atom is -0.489 e. The Morgan fingerprint density at radius 3 is 2.39 bits per heavy atom. The number of carbonyl (C=O) groups excluding carboxylic acids is 2. The zero-order valence-electron chi connectivity index (χ0n) is 21.8. The van der Waals surface area contributed by atoms with Crippen LogP contribution >= 0.6 is 0 Å². The highest BCUT2D eigenvalue weighted by Crippen LogP contribution is 2.24. The molecule has 0 saturated heterocycles. The van der Waals surface area contributed by atoms with Crippen LogP contribution in [0, 0.1) is 0 Å². The molecule has 1 atom stereocenters. The van der Waals surface area contributed by atoms with E-state index in [2.05, 4.69) is 5.32 Å². The number of hydrogen-bond acceptors (Lipinski definition) is 6. The third-order valence-corrected chi connectivity index (χ3v) is 5.08. The highest BCUT2D eigenvalue weighted by molar-refractivity contribution is 5.90. The molecule has 2 N–H and O–H groups in total. The third-order valence-electron chi connectivity index (χ3n) is 5.08. The Labute approximate surface area is 212 Å². The molecule has 0 radical (unpaired) electrons. The van der Waals surface area contributed by atoms with Gasteiger partial charge >= 0.3 is 12.2 Å². The van der Waals surface area contributed by atoms with Crippen LogP contribution in [0.25, 0.3) is 10.9 Å². The Balaban J connectivity index is 1.60. The van der Waals surface area contributed by atoms with Crippen LogP contribution in [0.4, 0.5) is 9.59 Å². The van der Waals surface area contributed by atoms with Gasteiger partial charge in [-0.3, -0.25) is 4.57 Å². The van der Waals surface area contributed by atoms with Gasteiger partial charge in [0, 0.05) is 18.1 Å². The van der Waals surface area contributed by atoms with Crippen LogP contribution < -0.4 is 10.1 Å². The summed E-state index contributed by atoms with van der Waals surface area (Å²) in [6.45, 7) is 11.4. The topological polar surface area (TPSA) is 99.0 Å². The second-order valence-electron chi connectivity index (χ2n) is 10.7. The van der Waals surface area contributed by atoms with Crippen LogP contribution in [0.5, 0.6) is 5.75 Å². The Morgan fingerprint density at radius 1 is 0.972 bits per heavy atom. The lowest BCUT2D eigenvalue weighted by Crippen LogP contribution is -2.33. The molecule has 0 aliphatic carbocycles. The van der Waals surface area contributed by atoms with Gasteiger partial charge in [0.05, 0.1) is 11.6 Å². The molecule has 1 heterocycles. The number of hydrogen-bond donors (Lipinski definition) is 2. The van der Waals surface area contributed by atoms with Crippen LogP contribution in [0.2, 0.25) is 0 Å². The van der Waals surface area contributed by atoms with E-state index in [0.29, 0.717) is 17.7 Å². The van der Waals surface area contributed by atoms with Crippen molar-refractivity contribution in [2.45, 2.75) is 71.9 Å². The fourth-order valence-electron chi connectivity index (χ4n) is 3.50. The molecule has 0 fully saturated rings. The van der Waals surface area contributed by atoms with E-state index in [1.54, 1.807) is 33.0 Å². The van der Waals surface area contributed by atoms with Gasteiger partial charge in [-0.2, -0.15) is 0 Å². The maximum absolute atomic E-state index is 12.6. The van der Waals surface area contributed by atoms with E-state index in [1.807, 2.05) is 63.2 Å². The number of aromatic nitrogens is 1. The van der Waals surface area contributed by atoms with Crippen LogP contribution in [0.3, 0.4) is 0 Å². The highest BCUT2D eigenvalue weighted by Gasteiger charge is 2.19. The first-order chi connectivity index (χ1) is 16.8. The van der Waals surface area contributed by atoms with E-state index in [-0.39, 0.29) is 13.2 Å². The SMILES string of the molecule is CC(C)(C)OC(=O)NCC[C@@H](O)c1cccc(OCc2ccc3ccn(C(=O)OC(C)(C)C)c3c2)c1. The van der Waals surface area contributed by atoms with Crippen molar-refractivity contribution < 1.29 is 28.9 Å². The Bertz CT molecular complexity index is 1200. The van der Waals surface area contributed by atoms with Gasteiger partial charge in [-0.05, 0) is 83.4 Å². The van der Waals surface area contributed by atoms with Crippen molar-refractivity contribution in [3.8, 4) is 5.75 Å². The van der Waals surface area contributed by atoms with Crippen molar-refractivity contribution in [3.63, 3.8) is 0 Å². The highest BCUT2D eigenvalue weighted by atomic mass is 16.6. The number of carbonyl (C=O) groups is 2. The maximum atomic E-state index is 12.6. The average molecular weight is 497 g/mol.